The van der Waals surface area contributed by atoms with Crippen LogP contribution in [-0.2, 0) is 10.5 Å². The molecule has 0 aliphatic rings. The number of amides is 3. The minimum Gasteiger partial charge on any atom is -0.444 e. The van der Waals surface area contributed by atoms with E-state index in [4.69, 9.17) is 4.42 Å². The Balaban J connectivity index is 1.82. The minimum absolute atomic E-state index is 0.278. The van der Waals surface area contributed by atoms with Crippen LogP contribution in [0.3, 0.4) is 0 Å². The number of urea groups is 1. The van der Waals surface area contributed by atoms with Crippen LogP contribution in [0, 0.1) is 13.8 Å². The van der Waals surface area contributed by atoms with E-state index < -0.39 is 6.03 Å². The van der Waals surface area contributed by atoms with Crippen LogP contribution in [0.1, 0.15) is 23.2 Å². The molecule has 0 atom stereocenters. The molecule has 0 unspecified atom stereocenters. The van der Waals surface area contributed by atoms with Gasteiger partial charge in [-0.3, -0.25) is 10.1 Å². The number of hydrogen-bond acceptors (Lipinski definition) is 5. The molecule has 2 N–H and O–H groups in total. The Kier molecular flexibility index (Phi) is 6.43. The van der Waals surface area contributed by atoms with Gasteiger partial charge in [0.15, 0.2) is 0 Å². The van der Waals surface area contributed by atoms with Crippen LogP contribution in [0.4, 0.5) is 4.79 Å². The summed E-state index contributed by atoms with van der Waals surface area (Å²) in [5.41, 5.74) is 4.15. The van der Waals surface area contributed by atoms with E-state index in [1.54, 1.807) is 18.0 Å². The molecule has 1 heterocycles. The maximum absolute atomic E-state index is 11.5. The zero-order chi connectivity index (χ0) is 17.5. The van der Waals surface area contributed by atoms with Gasteiger partial charge in [-0.05, 0) is 25.5 Å². The van der Waals surface area contributed by atoms with Crippen molar-refractivity contribution >= 4 is 23.7 Å². The molecule has 2 aromatic rings. The lowest BCUT2D eigenvalue weighted by molar-refractivity contribution is -0.119. The van der Waals surface area contributed by atoms with E-state index in [2.05, 4.69) is 28.6 Å². The third-order valence-electron chi connectivity index (χ3n) is 3.37. The van der Waals surface area contributed by atoms with E-state index in [0.717, 1.165) is 16.8 Å². The molecule has 0 saturated heterocycles. The third kappa shape index (κ3) is 5.13. The predicted molar refractivity (Wildman–Crippen MR) is 94.8 cm³/mol. The molecule has 128 valence electrons. The molecule has 0 saturated carbocycles. The van der Waals surface area contributed by atoms with Crippen molar-refractivity contribution in [3.63, 3.8) is 0 Å². The fraction of sp³-hybridized carbons (Fsp3) is 0.353. The highest BCUT2D eigenvalue weighted by Gasteiger charge is 2.10. The van der Waals surface area contributed by atoms with E-state index in [9.17, 15) is 9.59 Å². The summed E-state index contributed by atoms with van der Waals surface area (Å²) in [4.78, 5) is 26.9. The van der Waals surface area contributed by atoms with Crippen molar-refractivity contribution in [3.05, 3.63) is 41.3 Å². The molecular formula is C17H21N3O3S. The molecule has 1 aromatic carbocycles. The van der Waals surface area contributed by atoms with Gasteiger partial charge in [0.25, 0.3) is 0 Å². The van der Waals surface area contributed by atoms with Crippen LogP contribution in [-0.4, -0.2) is 29.7 Å². The SMILES string of the molecule is CNC(=O)NC(=O)CCSCc1coc(-c2ccc(C)cc2C)n1. The summed E-state index contributed by atoms with van der Waals surface area (Å²) in [5, 5.41) is 4.57. The lowest BCUT2D eigenvalue weighted by atomic mass is 10.1. The van der Waals surface area contributed by atoms with E-state index in [1.165, 1.54) is 12.6 Å². The van der Waals surface area contributed by atoms with Crippen LogP contribution in [0.2, 0.25) is 0 Å². The fourth-order valence-electron chi connectivity index (χ4n) is 2.14. The molecule has 0 fully saturated rings. The number of hydrogen-bond donors (Lipinski definition) is 2. The van der Waals surface area contributed by atoms with Crippen LogP contribution >= 0.6 is 11.8 Å². The molecule has 6 nitrogen and oxygen atoms in total. The largest absolute Gasteiger partial charge is 0.444 e. The van der Waals surface area contributed by atoms with Gasteiger partial charge in [0.05, 0.1) is 5.69 Å². The van der Waals surface area contributed by atoms with Crippen molar-refractivity contribution in [2.24, 2.45) is 0 Å². The number of thioether (sulfide) groups is 1. The van der Waals surface area contributed by atoms with Crippen LogP contribution in [0.5, 0.6) is 0 Å². The van der Waals surface area contributed by atoms with E-state index in [1.807, 2.05) is 19.1 Å². The zero-order valence-electron chi connectivity index (χ0n) is 14.0. The predicted octanol–water partition coefficient (Wildman–Crippen LogP) is 3.04. The minimum atomic E-state index is -0.486. The Labute approximate surface area is 145 Å². The average molecular weight is 347 g/mol. The molecule has 7 heteroatoms. The molecule has 1 aromatic heterocycles. The highest BCUT2D eigenvalue weighted by molar-refractivity contribution is 7.98. The molecule has 0 bridgehead atoms. The number of nitrogens with zero attached hydrogens (tertiary/aromatic N) is 1. The Morgan fingerprint density at radius 2 is 2.08 bits per heavy atom. The smallest absolute Gasteiger partial charge is 0.321 e. The number of rotatable bonds is 6. The number of nitrogens with one attached hydrogen (secondary N) is 2. The van der Waals surface area contributed by atoms with Gasteiger partial charge in [-0.2, -0.15) is 11.8 Å². The maximum Gasteiger partial charge on any atom is 0.321 e. The Morgan fingerprint density at radius 3 is 2.79 bits per heavy atom. The highest BCUT2D eigenvalue weighted by Crippen LogP contribution is 2.24. The molecule has 0 spiro atoms. The van der Waals surface area contributed by atoms with Gasteiger partial charge < -0.3 is 9.73 Å². The zero-order valence-corrected chi connectivity index (χ0v) is 14.8. The number of aryl methyl sites for hydroxylation is 2. The molecule has 0 aliphatic carbocycles. The van der Waals surface area contributed by atoms with Crippen LogP contribution in [0.25, 0.3) is 11.5 Å². The first-order chi connectivity index (χ1) is 11.5. The highest BCUT2D eigenvalue weighted by atomic mass is 32.2. The lowest BCUT2D eigenvalue weighted by Gasteiger charge is -2.03. The van der Waals surface area contributed by atoms with Gasteiger partial charge >= 0.3 is 6.03 Å². The quantitative estimate of drug-likeness (QED) is 0.785. The summed E-state index contributed by atoms with van der Waals surface area (Å²) in [6.07, 6.45) is 1.92. The molecule has 24 heavy (non-hydrogen) atoms. The third-order valence-corrected chi connectivity index (χ3v) is 4.36. The second-order valence-corrected chi connectivity index (χ2v) is 6.50. The molecule has 0 radical (unpaired) electrons. The topological polar surface area (TPSA) is 84.2 Å². The number of oxazole rings is 1. The summed E-state index contributed by atoms with van der Waals surface area (Å²) in [6.45, 7) is 4.08. The second-order valence-electron chi connectivity index (χ2n) is 5.39. The first-order valence-electron chi connectivity index (χ1n) is 7.61. The first-order valence-corrected chi connectivity index (χ1v) is 8.76. The summed E-state index contributed by atoms with van der Waals surface area (Å²) in [7, 11) is 1.47. The van der Waals surface area contributed by atoms with Crippen molar-refractivity contribution < 1.29 is 14.0 Å². The summed E-state index contributed by atoms with van der Waals surface area (Å²) in [6, 6.07) is 5.65. The Morgan fingerprint density at radius 1 is 1.29 bits per heavy atom. The number of aromatic nitrogens is 1. The molecular weight excluding hydrogens is 326 g/mol. The maximum atomic E-state index is 11.5. The lowest BCUT2D eigenvalue weighted by Crippen LogP contribution is -2.37. The summed E-state index contributed by atoms with van der Waals surface area (Å²) in [5.74, 6) is 1.58. The fourth-order valence-corrected chi connectivity index (χ4v) is 2.96. The number of carbonyl (C=O) groups excluding carboxylic acids is 2. The van der Waals surface area contributed by atoms with Crippen LogP contribution in [0.15, 0.2) is 28.9 Å². The van der Waals surface area contributed by atoms with Gasteiger partial charge in [-0.15, -0.1) is 0 Å². The van der Waals surface area contributed by atoms with Crippen molar-refractivity contribution in [2.75, 3.05) is 12.8 Å². The van der Waals surface area contributed by atoms with E-state index >= 15 is 0 Å². The Bertz CT molecular complexity index is 728. The van der Waals surface area contributed by atoms with Crippen molar-refractivity contribution in [3.8, 4) is 11.5 Å². The standard InChI is InChI=1S/C17H21N3O3S/c1-11-4-5-14(12(2)8-11)16-19-13(9-23-16)10-24-7-6-15(21)20-17(22)18-3/h4-5,8-9H,6-7,10H2,1-3H3,(H2,18,20,21,22). The van der Waals surface area contributed by atoms with Crippen molar-refractivity contribution in [2.45, 2.75) is 26.0 Å². The van der Waals surface area contributed by atoms with Gasteiger partial charge in [0.1, 0.15) is 6.26 Å². The number of benzene rings is 1. The van der Waals surface area contributed by atoms with Gasteiger partial charge in [0.2, 0.25) is 11.8 Å². The molecule has 0 aliphatic heterocycles. The number of carbonyl (C=O) groups is 2. The van der Waals surface area contributed by atoms with Gasteiger partial charge in [-0.1, -0.05) is 17.7 Å². The van der Waals surface area contributed by atoms with Crippen molar-refractivity contribution in [1.29, 1.82) is 0 Å². The van der Waals surface area contributed by atoms with Gasteiger partial charge in [0, 0.05) is 30.5 Å². The van der Waals surface area contributed by atoms with E-state index in [-0.39, 0.29) is 12.3 Å². The van der Waals surface area contributed by atoms with E-state index in [0.29, 0.717) is 17.4 Å². The first kappa shape index (κ1) is 18.1. The van der Waals surface area contributed by atoms with Crippen LogP contribution < -0.4 is 10.6 Å². The Hall–Kier alpha value is -2.28. The van der Waals surface area contributed by atoms with Crippen molar-refractivity contribution in [1.82, 2.24) is 15.6 Å². The van der Waals surface area contributed by atoms with Gasteiger partial charge in [-0.25, -0.2) is 9.78 Å². The molecule has 2 rings (SSSR count). The average Bonchev–Trinajstić information content (AvgIpc) is 3.00. The molecule has 3 amide bonds. The normalized spacial score (nSPS) is 10.5. The summed E-state index contributed by atoms with van der Waals surface area (Å²) >= 11 is 1.57. The second kappa shape index (κ2) is 8.54. The summed E-state index contributed by atoms with van der Waals surface area (Å²) < 4.78 is 5.56. The monoisotopic (exact) mass is 347 g/mol. The number of imide groups is 1.